The largest absolute Gasteiger partial charge is 0.494 e. The number of ether oxygens (including phenoxy) is 2. The Hall–Kier alpha value is -2.24. The Kier molecular flexibility index (Phi) is 5.66. The molecule has 104 valence electrons. The van der Waals surface area contributed by atoms with Crippen molar-refractivity contribution in [1.82, 2.24) is 5.32 Å². The average Bonchev–Trinajstić information content (AvgIpc) is 2.38. The molecule has 0 atom stereocenters. The maximum absolute atomic E-state index is 11.8. The molecule has 0 aliphatic carbocycles. The molecule has 0 unspecified atom stereocenters. The molecule has 0 spiro atoms. The summed E-state index contributed by atoms with van der Waals surface area (Å²) < 4.78 is 10.1. The number of rotatable bonds is 6. The molecule has 0 bridgehead atoms. The van der Waals surface area contributed by atoms with Gasteiger partial charge in [-0.3, -0.25) is 4.79 Å². The van der Waals surface area contributed by atoms with Gasteiger partial charge in [-0.25, -0.2) is 4.79 Å². The van der Waals surface area contributed by atoms with Crippen molar-refractivity contribution in [3.63, 3.8) is 0 Å². The topological polar surface area (TPSA) is 90.7 Å². The van der Waals surface area contributed by atoms with E-state index in [4.69, 9.17) is 15.2 Å². The van der Waals surface area contributed by atoms with Crippen molar-refractivity contribution in [3.05, 3.63) is 23.8 Å². The van der Waals surface area contributed by atoms with Crippen LogP contribution in [0.4, 0.5) is 5.69 Å². The van der Waals surface area contributed by atoms with Crippen LogP contribution in [0.3, 0.4) is 0 Å². The number of amides is 1. The summed E-state index contributed by atoms with van der Waals surface area (Å²) in [5, 5.41) is 2.62. The second-order valence-electron chi connectivity index (χ2n) is 3.77. The molecule has 0 aromatic heterocycles. The highest BCUT2D eigenvalue weighted by molar-refractivity contribution is 5.94. The molecule has 3 N–H and O–H groups in total. The van der Waals surface area contributed by atoms with E-state index in [1.165, 1.54) is 7.11 Å². The summed E-state index contributed by atoms with van der Waals surface area (Å²) in [5.41, 5.74) is 6.30. The van der Waals surface area contributed by atoms with E-state index in [0.29, 0.717) is 12.2 Å². The van der Waals surface area contributed by atoms with Crippen molar-refractivity contribution in [2.24, 2.45) is 0 Å². The Morgan fingerprint density at radius 2 is 2.11 bits per heavy atom. The number of hydrogen-bond donors (Lipinski definition) is 2. The minimum absolute atomic E-state index is 0.0165. The van der Waals surface area contributed by atoms with Crippen LogP contribution in [0.15, 0.2) is 18.2 Å². The summed E-state index contributed by atoms with van der Waals surface area (Å²) in [6.07, 6.45) is 0.129. The Balaban J connectivity index is 2.59. The van der Waals surface area contributed by atoms with E-state index in [0.717, 1.165) is 0 Å². The van der Waals surface area contributed by atoms with Crippen LogP contribution in [0.25, 0.3) is 0 Å². The number of nitrogens with one attached hydrogen (secondary N) is 1. The molecule has 0 heterocycles. The van der Waals surface area contributed by atoms with Crippen LogP contribution in [0.2, 0.25) is 0 Å². The third-order valence-electron chi connectivity index (χ3n) is 2.41. The van der Waals surface area contributed by atoms with E-state index in [1.54, 1.807) is 18.2 Å². The standard InChI is InChI=1S/C13H18N2O4/c1-3-15-11(16)7-8-19-13(17)9-5-4-6-10(14)12(9)18-2/h4-6H,3,7-8,14H2,1-2H3,(H,15,16). The normalized spacial score (nSPS) is 9.79. The number of nitrogen functional groups attached to an aromatic ring is 1. The number of carbonyl (C=O) groups excluding carboxylic acids is 2. The Bertz CT molecular complexity index is 460. The zero-order chi connectivity index (χ0) is 14.3. The van der Waals surface area contributed by atoms with Gasteiger partial charge in [0.05, 0.1) is 19.2 Å². The summed E-state index contributed by atoms with van der Waals surface area (Å²) in [4.78, 5) is 23.0. The molecule has 0 aliphatic rings. The van der Waals surface area contributed by atoms with Gasteiger partial charge in [-0.2, -0.15) is 0 Å². The highest BCUT2D eigenvalue weighted by Gasteiger charge is 2.16. The molecule has 1 rings (SSSR count). The van der Waals surface area contributed by atoms with E-state index in [2.05, 4.69) is 5.32 Å². The van der Waals surface area contributed by atoms with Gasteiger partial charge in [0.25, 0.3) is 0 Å². The van der Waals surface area contributed by atoms with Crippen LogP contribution in [-0.2, 0) is 9.53 Å². The van der Waals surface area contributed by atoms with Gasteiger partial charge in [-0.05, 0) is 19.1 Å². The molecule has 0 aliphatic heterocycles. The van der Waals surface area contributed by atoms with Gasteiger partial charge in [-0.1, -0.05) is 6.07 Å². The maximum atomic E-state index is 11.8. The average molecular weight is 266 g/mol. The number of anilines is 1. The number of hydrogen-bond acceptors (Lipinski definition) is 5. The Labute approximate surface area is 111 Å². The third-order valence-corrected chi connectivity index (χ3v) is 2.41. The lowest BCUT2D eigenvalue weighted by Gasteiger charge is -2.10. The molecule has 19 heavy (non-hydrogen) atoms. The lowest BCUT2D eigenvalue weighted by molar-refractivity contribution is -0.121. The zero-order valence-corrected chi connectivity index (χ0v) is 11.1. The highest BCUT2D eigenvalue weighted by Crippen LogP contribution is 2.26. The van der Waals surface area contributed by atoms with Crippen molar-refractivity contribution in [1.29, 1.82) is 0 Å². The molecule has 0 radical (unpaired) electrons. The molecular formula is C13H18N2O4. The molecular weight excluding hydrogens is 248 g/mol. The molecule has 1 aromatic carbocycles. The number of esters is 1. The predicted octanol–water partition coefficient (Wildman–Crippen LogP) is 0.960. The molecule has 0 fully saturated rings. The van der Waals surface area contributed by atoms with Crippen LogP contribution in [0, 0.1) is 0 Å². The summed E-state index contributed by atoms with van der Waals surface area (Å²) in [7, 11) is 1.43. The minimum Gasteiger partial charge on any atom is -0.494 e. The first-order valence-corrected chi connectivity index (χ1v) is 5.96. The fourth-order valence-electron chi connectivity index (χ4n) is 1.54. The van der Waals surface area contributed by atoms with Crippen LogP contribution < -0.4 is 15.8 Å². The third kappa shape index (κ3) is 4.17. The Morgan fingerprint density at radius 3 is 2.74 bits per heavy atom. The number of para-hydroxylation sites is 1. The van der Waals surface area contributed by atoms with Crippen LogP contribution >= 0.6 is 0 Å². The number of methoxy groups -OCH3 is 1. The zero-order valence-electron chi connectivity index (χ0n) is 11.1. The number of nitrogens with two attached hydrogens (primary N) is 1. The first-order chi connectivity index (χ1) is 9.10. The van der Waals surface area contributed by atoms with Gasteiger partial charge in [0, 0.05) is 6.54 Å². The van der Waals surface area contributed by atoms with Crippen LogP contribution in [-0.4, -0.2) is 32.1 Å². The Morgan fingerprint density at radius 1 is 1.37 bits per heavy atom. The summed E-state index contributed by atoms with van der Waals surface area (Å²) in [6, 6.07) is 4.83. The molecule has 6 nitrogen and oxygen atoms in total. The molecule has 6 heteroatoms. The molecule has 0 saturated carbocycles. The minimum atomic E-state index is -0.562. The molecule has 1 aromatic rings. The van der Waals surface area contributed by atoms with Gasteiger partial charge in [0.2, 0.25) is 5.91 Å². The second-order valence-corrected chi connectivity index (χ2v) is 3.77. The van der Waals surface area contributed by atoms with Crippen LogP contribution in [0.5, 0.6) is 5.75 Å². The number of carbonyl (C=O) groups is 2. The van der Waals surface area contributed by atoms with E-state index in [9.17, 15) is 9.59 Å². The van der Waals surface area contributed by atoms with E-state index in [1.807, 2.05) is 6.92 Å². The van der Waals surface area contributed by atoms with Crippen molar-refractivity contribution in [3.8, 4) is 5.75 Å². The first kappa shape index (κ1) is 14.8. The van der Waals surface area contributed by atoms with Gasteiger partial charge in [-0.15, -0.1) is 0 Å². The van der Waals surface area contributed by atoms with Gasteiger partial charge in [0.15, 0.2) is 5.75 Å². The van der Waals surface area contributed by atoms with Gasteiger partial charge < -0.3 is 20.5 Å². The predicted molar refractivity (Wildman–Crippen MR) is 71.0 cm³/mol. The van der Waals surface area contributed by atoms with Crippen molar-refractivity contribution in [2.45, 2.75) is 13.3 Å². The molecule has 1 amide bonds. The maximum Gasteiger partial charge on any atom is 0.342 e. The molecule has 0 saturated heterocycles. The highest BCUT2D eigenvalue weighted by atomic mass is 16.5. The fraction of sp³-hybridized carbons (Fsp3) is 0.385. The number of benzene rings is 1. The van der Waals surface area contributed by atoms with E-state index in [-0.39, 0.29) is 30.2 Å². The van der Waals surface area contributed by atoms with Crippen molar-refractivity contribution in [2.75, 3.05) is 26.0 Å². The summed E-state index contributed by atoms with van der Waals surface area (Å²) in [5.74, 6) is -0.436. The quantitative estimate of drug-likeness (QED) is 0.591. The van der Waals surface area contributed by atoms with E-state index >= 15 is 0 Å². The monoisotopic (exact) mass is 266 g/mol. The lowest BCUT2D eigenvalue weighted by Crippen LogP contribution is -2.24. The van der Waals surface area contributed by atoms with Crippen molar-refractivity contribution >= 4 is 17.6 Å². The summed E-state index contributed by atoms with van der Waals surface area (Å²) in [6.45, 7) is 2.39. The smallest absolute Gasteiger partial charge is 0.342 e. The second kappa shape index (κ2) is 7.25. The lowest BCUT2D eigenvalue weighted by atomic mass is 10.2. The van der Waals surface area contributed by atoms with Crippen LogP contribution in [0.1, 0.15) is 23.7 Å². The van der Waals surface area contributed by atoms with Gasteiger partial charge in [0.1, 0.15) is 12.2 Å². The SMILES string of the molecule is CCNC(=O)CCOC(=O)c1cccc(N)c1OC. The van der Waals surface area contributed by atoms with Crippen molar-refractivity contribution < 1.29 is 19.1 Å². The van der Waals surface area contributed by atoms with Gasteiger partial charge >= 0.3 is 5.97 Å². The first-order valence-electron chi connectivity index (χ1n) is 5.96. The fourth-order valence-corrected chi connectivity index (χ4v) is 1.54. The summed E-state index contributed by atoms with van der Waals surface area (Å²) >= 11 is 0. The van der Waals surface area contributed by atoms with E-state index < -0.39 is 5.97 Å².